The van der Waals surface area contributed by atoms with Gasteiger partial charge in [0.15, 0.2) is 12.2 Å². The van der Waals surface area contributed by atoms with Crippen LogP contribution in [0.15, 0.2) is 41.3 Å². The quantitative estimate of drug-likeness (QED) is 0.798. The standard InChI is InChI=1S/C18H21N3O4/c1-2-21(10-17(22)23)15-7-14(8-15)20-18(24)13-5-3-12(4-6-13)16-9-19-11-25-16/h3-6,9,11,14-15H,2,7-8,10H2,1H3,(H,20,24)(H,22,23). The average Bonchev–Trinajstić information content (AvgIpc) is 3.10. The summed E-state index contributed by atoms with van der Waals surface area (Å²) in [6.07, 6.45) is 4.55. The molecule has 0 radical (unpaired) electrons. The van der Waals surface area contributed by atoms with Crippen molar-refractivity contribution >= 4 is 11.9 Å². The van der Waals surface area contributed by atoms with Crippen LogP contribution in [0.5, 0.6) is 0 Å². The zero-order chi connectivity index (χ0) is 17.8. The van der Waals surface area contributed by atoms with Crippen molar-refractivity contribution in [1.82, 2.24) is 15.2 Å². The average molecular weight is 343 g/mol. The number of benzene rings is 1. The summed E-state index contributed by atoms with van der Waals surface area (Å²) in [5.41, 5.74) is 1.45. The highest BCUT2D eigenvalue weighted by molar-refractivity contribution is 5.94. The summed E-state index contributed by atoms with van der Waals surface area (Å²) in [7, 11) is 0. The molecule has 0 bridgehead atoms. The van der Waals surface area contributed by atoms with E-state index in [1.165, 1.54) is 6.39 Å². The van der Waals surface area contributed by atoms with E-state index in [4.69, 9.17) is 9.52 Å². The second kappa shape index (κ2) is 7.48. The predicted octanol–water partition coefficient (Wildman–Crippen LogP) is 2.01. The van der Waals surface area contributed by atoms with E-state index in [0.29, 0.717) is 17.9 Å². The molecule has 7 heteroatoms. The molecule has 25 heavy (non-hydrogen) atoms. The molecule has 3 rings (SSSR count). The summed E-state index contributed by atoms with van der Waals surface area (Å²) >= 11 is 0. The zero-order valence-electron chi connectivity index (χ0n) is 14.0. The molecule has 132 valence electrons. The van der Waals surface area contributed by atoms with Crippen molar-refractivity contribution in [3.8, 4) is 11.3 Å². The van der Waals surface area contributed by atoms with Gasteiger partial charge in [-0.3, -0.25) is 14.5 Å². The lowest BCUT2D eigenvalue weighted by molar-refractivity contribution is -0.139. The zero-order valence-corrected chi connectivity index (χ0v) is 14.0. The Morgan fingerprint density at radius 3 is 2.60 bits per heavy atom. The van der Waals surface area contributed by atoms with E-state index in [-0.39, 0.29) is 24.5 Å². The molecule has 0 atom stereocenters. The second-order valence-corrected chi connectivity index (χ2v) is 6.20. The van der Waals surface area contributed by atoms with Crippen molar-refractivity contribution in [3.63, 3.8) is 0 Å². The van der Waals surface area contributed by atoms with Crippen LogP contribution in [0.1, 0.15) is 30.1 Å². The molecule has 1 aromatic carbocycles. The first-order valence-electron chi connectivity index (χ1n) is 8.32. The summed E-state index contributed by atoms with van der Waals surface area (Å²) in [6.45, 7) is 2.69. The Bertz CT molecular complexity index is 721. The maximum absolute atomic E-state index is 12.3. The van der Waals surface area contributed by atoms with Gasteiger partial charge in [-0.15, -0.1) is 0 Å². The Kier molecular flexibility index (Phi) is 5.14. The Labute approximate surface area is 145 Å². The fourth-order valence-electron chi connectivity index (χ4n) is 3.09. The van der Waals surface area contributed by atoms with Gasteiger partial charge in [-0.1, -0.05) is 19.1 Å². The topological polar surface area (TPSA) is 95.7 Å². The normalized spacial score (nSPS) is 19.4. The van der Waals surface area contributed by atoms with E-state index in [9.17, 15) is 9.59 Å². The van der Waals surface area contributed by atoms with Gasteiger partial charge in [-0.25, -0.2) is 4.98 Å². The maximum Gasteiger partial charge on any atom is 0.317 e. The van der Waals surface area contributed by atoms with E-state index in [1.807, 2.05) is 24.0 Å². The predicted molar refractivity (Wildman–Crippen MR) is 91.1 cm³/mol. The van der Waals surface area contributed by atoms with Crippen molar-refractivity contribution in [3.05, 3.63) is 42.4 Å². The van der Waals surface area contributed by atoms with Crippen LogP contribution in [0.25, 0.3) is 11.3 Å². The molecule has 1 saturated carbocycles. The SMILES string of the molecule is CCN(CC(=O)O)C1CC(NC(=O)c2ccc(-c3cnco3)cc2)C1. The van der Waals surface area contributed by atoms with Crippen LogP contribution in [0.2, 0.25) is 0 Å². The molecule has 0 spiro atoms. The van der Waals surface area contributed by atoms with Crippen LogP contribution >= 0.6 is 0 Å². The third-order valence-corrected chi connectivity index (χ3v) is 4.57. The number of carboxylic acid groups (broad SMARTS) is 1. The number of carboxylic acids is 1. The highest BCUT2D eigenvalue weighted by Gasteiger charge is 2.34. The van der Waals surface area contributed by atoms with Gasteiger partial charge in [0, 0.05) is 23.2 Å². The molecular weight excluding hydrogens is 322 g/mol. The Morgan fingerprint density at radius 2 is 2.04 bits per heavy atom. The molecule has 1 amide bonds. The first kappa shape index (κ1) is 17.2. The molecule has 2 N–H and O–H groups in total. The first-order chi connectivity index (χ1) is 12.1. The second-order valence-electron chi connectivity index (χ2n) is 6.20. The Morgan fingerprint density at radius 1 is 1.32 bits per heavy atom. The summed E-state index contributed by atoms with van der Waals surface area (Å²) in [4.78, 5) is 29.0. The lowest BCUT2D eigenvalue weighted by atomic mass is 9.85. The largest absolute Gasteiger partial charge is 0.480 e. The third-order valence-electron chi connectivity index (χ3n) is 4.57. The number of oxazole rings is 1. The van der Waals surface area contributed by atoms with Crippen LogP contribution in [-0.4, -0.2) is 52.0 Å². The molecule has 0 unspecified atom stereocenters. The lowest BCUT2D eigenvalue weighted by Gasteiger charge is -2.42. The molecule has 7 nitrogen and oxygen atoms in total. The number of likely N-dealkylation sites (N-methyl/N-ethyl adjacent to an activating group) is 1. The lowest BCUT2D eigenvalue weighted by Crippen LogP contribution is -2.54. The number of hydrogen-bond donors (Lipinski definition) is 2. The van der Waals surface area contributed by atoms with E-state index < -0.39 is 5.97 Å². The summed E-state index contributed by atoms with van der Waals surface area (Å²) in [6, 6.07) is 7.47. The number of aliphatic carboxylic acids is 1. The van der Waals surface area contributed by atoms with Gasteiger partial charge < -0.3 is 14.8 Å². The van der Waals surface area contributed by atoms with Gasteiger partial charge in [0.05, 0.1) is 12.7 Å². The third kappa shape index (κ3) is 4.06. The van der Waals surface area contributed by atoms with Crippen LogP contribution < -0.4 is 5.32 Å². The van der Waals surface area contributed by atoms with Crippen LogP contribution in [0.3, 0.4) is 0 Å². The number of carbonyl (C=O) groups is 2. The van der Waals surface area contributed by atoms with Gasteiger partial charge in [0.1, 0.15) is 0 Å². The van der Waals surface area contributed by atoms with Gasteiger partial charge in [0.25, 0.3) is 5.91 Å². The molecule has 1 heterocycles. The maximum atomic E-state index is 12.3. The molecule has 1 fully saturated rings. The summed E-state index contributed by atoms with van der Waals surface area (Å²) in [5.74, 6) is -0.276. The number of rotatable bonds is 7. The number of carbonyl (C=O) groups excluding carboxylic acids is 1. The van der Waals surface area contributed by atoms with E-state index in [0.717, 1.165) is 18.4 Å². The monoisotopic (exact) mass is 343 g/mol. The first-order valence-corrected chi connectivity index (χ1v) is 8.32. The fourth-order valence-corrected chi connectivity index (χ4v) is 3.09. The van der Waals surface area contributed by atoms with Crippen molar-refractivity contribution in [2.45, 2.75) is 31.8 Å². The minimum absolute atomic E-state index is 0.0466. The molecule has 1 aromatic heterocycles. The molecule has 0 saturated heterocycles. The smallest absolute Gasteiger partial charge is 0.317 e. The summed E-state index contributed by atoms with van der Waals surface area (Å²) in [5, 5.41) is 11.9. The van der Waals surface area contributed by atoms with Gasteiger partial charge in [-0.2, -0.15) is 0 Å². The highest BCUT2D eigenvalue weighted by Crippen LogP contribution is 2.26. The van der Waals surface area contributed by atoms with Crippen molar-refractivity contribution < 1.29 is 19.1 Å². The number of hydrogen-bond acceptors (Lipinski definition) is 5. The molecular formula is C18H21N3O4. The number of nitrogens with zero attached hydrogens (tertiary/aromatic N) is 2. The summed E-state index contributed by atoms with van der Waals surface area (Å²) < 4.78 is 5.23. The number of aromatic nitrogens is 1. The Balaban J connectivity index is 1.51. The van der Waals surface area contributed by atoms with E-state index in [2.05, 4.69) is 10.3 Å². The molecule has 2 aromatic rings. The van der Waals surface area contributed by atoms with Crippen molar-refractivity contribution in [2.24, 2.45) is 0 Å². The van der Waals surface area contributed by atoms with Crippen molar-refractivity contribution in [2.75, 3.05) is 13.1 Å². The Hall–Kier alpha value is -2.67. The molecule has 1 aliphatic carbocycles. The minimum Gasteiger partial charge on any atom is -0.480 e. The van der Waals surface area contributed by atoms with Crippen LogP contribution in [0.4, 0.5) is 0 Å². The molecule has 0 aliphatic heterocycles. The minimum atomic E-state index is -0.818. The number of nitrogens with one attached hydrogen (secondary N) is 1. The fraction of sp³-hybridized carbons (Fsp3) is 0.389. The van der Waals surface area contributed by atoms with Crippen molar-refractivity contribution in [1.29, 1.82) is 0 Å². The van der Waals surface area contributed by atoms with Crippen LogP contribution in [-0.2, 0) is 4.79 Å². The highest BCUT2D eigenvalue weighted by atomic mass is 16.4. The van der Waals surface area contributed by atoms with Gasteiger partial charge in [-0.05, 0) is 31.5 Å². The van der Waals surface area contributed by atoms with Gasteiger partial charge >= 0.3 is 5.97 Å². The van der Waals surface area contributed by atoms with Gasteiger partial charge in [0.2, 0.25) is 0 Å². The van der Waals surface area contributed by atoms with Crippen LogP contribution in [0, 0.1) is 0 Å². The number of amides is 1. The molecule has 1 aliphatic rings. The van der Waals surface area contributed by atoms with E-state index in [1.54, 1.807) is 18.3 Å². The van der Waals surface area contributed by atoms with E-state index >= 15 is 0 Å².